The summed E-state index contributed by atoms with van der Waals surface area (Å²) in [7, 11) is -7.28. The highest BCUT2D eigenvalue weighted by Gasteiger charge is 2.32. The first-order valence-electron chi connectivity index (χ1n) is 8.38. The summed E-state index contributed by atoms with van der Waals surface area (Å²) in [6, 6.07) is 5.43. The SMILES string of the molecule is CCN(CC)S(=O)(=O)c1ccc(S(=O)(=O)N2C[C@@H](C)O[C@@H](C)C2)cc1. The Kier molecular flexibility index (Phi) is 6.26. The zero-order chi connectivity index (χ0) is 18.8. The fourth-order valence-corrected chi connectivity index (χ4v) is 6.02. The Morgan fingerprint density at radius 2 is 1.40 bits per heavy atom. The van der Waals surface area contributed by atoms with Crippen molar-refractivity contribution in [3.8, 4) is 0 Å². The normalized spacial score (nSPS) is 23.1. The van der Waals surface area contributed by atoms with Crippen LogP contribution in [0.5, 0.6) is 0 Å². The van der Waals surface area contributed by atoms with Crippen LogP contribution >= 0.6 is 0 Å². The molecule has 1 aliphatic heterocycles. The summed E-state index contributed by atoms with van der Waals surface area (Å²) < 4.78 is 58.9. The van der Waals surface area contributed by atoms with Crippen molar-refractivity contribution in [2.45, 2.75) is 49.7 Å². The Bertz CT molecular complexity index is 776. The van der Waals surface area contributed by atoms with E-state index in [9.17, 15) is 16.8 Å². The number of rotatable bonds is 6. The minimum absolute atomic E-state index is 0.0901. The van der Waals surface area contributed by atoms with E-state index in [1.54, 1.807) is 13.8 Å². The van der Waals surface area contributed by atoms with Gasteiger partial charge in [0.05, 0.1) is 22.0 Å². The van der Waals surface area contributed by atoms with Crippen LogP contribution in [0.2, 0.25) is 0 Å². The van der Waals surface area contributed by atoms with Crippen molar-refractivity contribution < 1.29 is 21.6 Å². The average molecular weight is 391 g/mol. The number of sulfonamides is 2. The molecule has 0 amide bonds. The molecule has 1 fully saturated rings. The standard InChI is InChI=1S/C16H26N2O5S2/c1-5-17(6-2)24(19,20)15-7-9-16(10-8-15)25(21,22)18-11-13(3)23-14(4)12-18/h7-10,13-14H,5-6,11-12H2,1-4H3/t13-,14+. The fourth-order valence-electron chi connectivity index (χ4n) is 2.97. The van der Waals surface area contributed by atoms with Gasteiger partial charge in [0.15, 0.2) is 0 Å². The zero-order valence-electron chi connectivity index (χ0n) is 15.0. The Labute approximate surface area is 150 Å². The van der Waals surface area contributed by atoms with Gasteiger partial charge in [0.1, 0.15) is 0 Å². The summed E-state index contributed by atoms with van der Waals surface area (Å²) in [6.45, 7) is 8.49. The predicted molar refractivity (Wildman–Crippen MR) is 95.3 cm³/mol. The molecule has 1 aliphatic rings. The first-order chi connectivity index (χ1) is 11.6. The van der Waals surface area contributed by atoms with Gasteiger partial charge in [0.25, 0.3) is 0 Å². The molecule has 0 unspecified atom stereocenters. The summed E-state index contributed by atoms with van der Waals surface area (Å²) >= 11 is 0. The van der Waals surface area contributed by atoms with Crippen molar-refractivity contribution in [1.29, 1.82) is 0 Å². The summed E-state index contributed by atoms with van der Waals surface area (Å²) in [5.41, 5.74) is 0. The van der Waals surface area contributed by atoms with Crippen molar-refractivity contribution in [2.24, 2.45) is 0 Å². The molecule has 25 heavy (non-hydrogen) atoms. The molecule has 1 aromatic rings. The van der Waals surface area contributed by atoms with Crippen LogP contribution in [0.4, 0.5) is 0 Å². The molecule has 0 radical (unpaired) electrons. The lowest BCUT2D eigenvalue weighted by Crippen LogP contribution is -2.48. The molecule has 9 heteroatoms. The molecule has 2 rings (SSSR count). The molecule has 0 bridgehead atoms. The topological polar surface area (TPSA) is 84.0 Å². The van der Waals surface area contributed by atoms with E-state index in [1.807, 2.05) is 13.8 Å². The van der Waals surface area contributed by atoms with Crippen molar-refractivity contribution >= 4 is 20.0 Å². The lowest BCUT2D eigenvalue weighted by Gasteiger charge is -2.34. The number of hydrogen-bond acceptors (Lipinski definition) is 5. The Morgan fingerprint density at radius 1 is 0.960 bits per heavy atom. The molecule has 7 nitrogen and oxygen atoms in total. The van der Waals surface area contributed by atoms with Crippen LogP contribution in [-0.2, 0) is 24.8 Å². The molecule has 0 spiro atoms. The van der Waals surface area contributed by atoms with Crippen LogP contribution in [-0.4, -0.2) is 63.8 Å². The van der Waals surface area contributed by atoms with Crippen LogP contribution in [0.15, 0.2) is 34.1 Å². The summed E-state index contributed by atoms with van der Waals surface area (Å²) in [4.78, 5) is 0.186. The van der Waals surface area contributed by atoms with Crippen LogP contribution in [0, 0.1) is 0 Å². The smallest absolute Gasteiger partial charge is 0.243 e. The first kappa shape index (κ1) is 20.3. The van der Waals surface area contributed by atoms with Gasteiger partial charge in [-0.05, 0) is 38.1 Å². The Hall–Kier alpha value is -1.00. The van der Waals surface area contributed by atoms with Gasteiger partial charge >= 0.3 is 0 Å². The van der Waals surface area contributed by atoms with Crippen molar-refractivity contribution in [3.63, 3.8) is 0 Å². The van der Waals surface area contributed by atoms with Gasteiger partial charge in [-0.1, -0.05) is 13.8 Å². The maximum atomic E-state index is 12.8. The zero-order valence-corrected chi connectivity index (χ0v) is 16.7. The highest BCUT2D eigenvalue weighted by atomic mass is 32.2. The second-order valence-corrected chi connectivity index (χ2v) is 10.0. The number of ether oxygens (including phenoxy) is 1. The predicted octanol–water partition coefficient (Wildman–Crippen LogP) is 1.51. The number of benzene rings is 1. The molecule has 0 aliphatic carbocycles. The van der Waals surface area contributed by atoms with E-state index in [1.165, 1.54) is 32.9 Å². The van der Waals surface area contributed by atoms with Crippen LogP contribution in [0.3, 0.4) is 0 Å². The molecule has 0 N–H and O–H groups in total. The second-order valence-electron chi connectivity index (χ2n) is 6.14. The molecule has 142 valence electrons. The average Bonchev–Trinajstić information content (AvgIpc) is 2.55. The second kappa shape index (κ2) is 7.71. The lowest BCUT2D eigenvalue weighted by atomic mass is 10.3. The third-order valence-electron chi connectivity index (χ3n) is 4.19. The number of nitrogens with zero attached hydrogens (tertiary/aromatic N) is 2. The van der Waals surface area contributed by atoms with E-state index < -0.39 is 20.0 Å². The minimum Gasteiger partial charge on any atom is -0.373 e. The van der Waals surface area contributed by atoms with Gasteiger partial charge < -0.3 is 4.74 Å². The molecule has 1 saturated heterocycles. The quantitative estimate of drug-likeness (QED) is 0.735. The number of morpholine rings is 1. The maximum Gasteiger partial charge on any atom is 0.243 e. The van der Waals surface area contributed by atoms with Crippen molar-refractivity contribution in [3.05, 3.63) is 24.3 Å². The van der Waals surface area contributed by atoms with E-state index in [4.69, 9.17) is 4.74 Å². The molecule has 1 heterocycles. The fraction of sp³-hybridized carbons (Fsp3) is 0.625. The van der Waals surface area contributed by atoms with Gasteiger partial charge in [-0.3, -0.25) is 0 Å². The monoisotopic (exact) mass is 390 g/mol. The minimum atomic E-state index is -3.68. The number of hydrogen-bond donors (Lipinski definition) is 0. The van der Waals surface area contributed by atoms with Gasteiger partial charge in [-0.2, -0.15) is 8.61 Å². The third-order valence-corrected chi connectivity index (χ3v) is 8.10. The maximum absolute atomic E-state index is 12.8. The summed E-state index contributed by atoms with van der Waals surface area (Å²) in [6.07, 6.45) is -0.360. The third kappa shape index (κ3) is 4.22. The Balaban J connectivity index is 2.30. The largest absolute Gasteiger partial charge is 0.373 e. The van der Waals surface area contributed by atoms with E-state index in [0.717, 1.165) is 0 Å². The molecular formula is C16H26N2O5S2. The van der Waals surface area contributed by atoms with Crippen molar-refractivity contribution in [2.75, 3.05) is 26.2 Å². The Morgan fingerprint density at radius 3 is 1.84 bits per heavy atom. The first-order valence-corrected chi connectivity index (χ1v) is 11.3. The van der Waals surface area contributed by atoms with Crippen LogP contribution in [0.25, 0.3) is 0 Å². The van der Waals surface area contributed by atoms with E-state index >= 15 is 0 Å². The van der Waals surface area contributed by atoms with E-state index in [-0.39, 0.29) is 35.1 Å². The molecule has 1 aromatic carbocycles. The lowest BCUT2D eigenvalue weighted by molar-refractivity contribution is -0.0440. The highest BCUT2D eigenvalue weighted by Crippen LogP contribution is 2.23. The molecular weight excluding hydrogens is 364 g/mol. The van der Waals surface area contributed by atoms with Gasteiger partial charge in [-0.15, -0.1) is 0 Å². The highest BCUT2D eigenvalue weighted by molar-refractivity contribution is 7.89. The van der Waals surface area contributed by atoms with Crippen molar-refractivity contribution in [1.82, 2.24) is 8.61 Å². The van der Waals surface area contributed by atoms with Gasteiger partial charge in [-0.25, -0.2) is 16.8 Å². The van der Waals surface area contributed by atoms with Gasteiger partial charge in [0.2, 0.25) is 20.0 Å². The van der Waals surface area contributed by atoms with E-state index in [2.05, 4.69) is 0 Å². The summed E-state index contributed by atoms with van der Waals surface area (Å²) in [5, 5.41) is 0. The summed E-state index contributed by atoms with van der Waals surface area (Å²) in [5.74, 6) is 0. The molecule has 0 saturated carbocycles. The van der Waals surface area contributed by atoms with Gasteiger partial charge in [0, 0.05) is 26.2 Å². The van der Waals surface area contributed by atoms with E-state index in [0.29, 0.717) is 13.1 Å². The van der Waals surface area contributed by atoms with Crippen LogP contribution in [0.1, 0.15) is 27.7 Å². The van der Waals surface area contributed by atoms with Crippen LogP contribution < -0.4 is 0 Å². The molecule has 0 aromatic heterocycles. The molecule has 2 atom stereocenters.